The number of nitrogens with zero attached hydrogens (tertiary/aromatic N) is 1. The molecule has 4 heteroatoms. The molecule has 1 aromatic heterocycles. The molecule has 0 saturated heterocycles. The van der Waals surface area contributed by atoms with Crippen molar-refractivity contribution < 1.29 is 9.13 Å². The zero-order chi connectivity index (χ0) is 18.6. The van der Waals surface area contributed by atoms with Gasteiger partial charge in [-0.3, -0.25) is 0 Å². The molecule has 0 radical (unpaired) electrons. The lowest BCUT2D eigenvalue weighted by molar-refractivity contribution is 0.310. The van der Waals surface area contributed by atoms with Crippen LogP contribution in [0.25, 0.3) is 11.3 Å². The van der Waals surface area contributed by atoms with Gasteiger partial charge in [-0.1, -0.05) is 31.4 Å². The Morgan fingerprint density at radius 1 is 1.00 bits per heavy atom. The smallest absolute Gasteiger partial charge is 0.125 e. The molecular formula is C23H24FNOS. The number of aryl methyl sites for hydroxylation is 1. The lowest BCUT2D eigenvalue weighted by Crippen LogP contribution is -2.04. The van der Waals surface area contributed by atoms with Crippen LogP contribution in [-0.2, 0) is 6.61 Å². The van der Waals surface area contributed by atoms with Gasteiger partial charge in [0.15, 0.2) is 0 Å². The van der Waals surface area contributed by atoms with Crippen molar-refractivity contribution in [3.63, 3.8) is 0 Å². The van der Waals surface area contributed by atoms with Crippen LogP contribution in [0.15, 0.2) is 48.5 Å². The van der Waals surface area contributed by atoms with Crippen LogP contribution in [0.1, 0.15) is 53.5 Å². The summed E-state index contributed by atoms with van der Waals surface area (Å²) in [5.41, 5.74) is 3.24. The molecule has 1 aliphatic carbocycles. The highest BCUT2D eigenvalue weighted by Gasteiger charge is 2.16. The lowest BCUT2D eigenvalue weighted by Gasteiger charge is -2.22. The van der Waals surface area contributed by atoms with Crippen LogP contribution < -0.4 is 4.74 Å². The highest BCUT2D eigenvalue weighted by atomic mass is 32.1. The van der Waals surface area contributed by atoms with Crippen LogP contribution in [0.2, 0.25) is 0 Å². The quantitative estimate of drug-likeness (QED) is 0.480. The Bertz CT molecular complexity index is 880. The van der Waals surface area contributed by atoms with Crippen molar-refractivity contribution >= 4 is 11.3 Å². The molecule has 0 unspecified atom stereocenters. The fourth-order valence-corrected chi connectivity index (χ4v) is 4.69. The summed E-state index contributed by atoms with van der Waals surface area (Å²) >= 11 is 1.63. The molecule has 0 spiro atoms. The average Bonchev–Trinajstić information content (AvgIpc) is 3.08. The monoisotopic (exact) mass is 381 g/mol. The van der Waals surface area contributed by atoms with Gasteiger partial charge in [0.1, 0.15) is 18.2 Å². The van der Waals surface area contributed by atoms with Crippen molar-refractivity contribution in [2.24, 2.45) is 0 Å². The van der Waals surface area contributed by atoms with Crippen molar-refractivity contribution in [3.05, 3.63) is 69.8 Å². The van der Waals surface area contributed by atoms with E-state index >= 15 is 0 Å². The first-order valence-electron chi connectivity index (χ1n) is 9.64. The molecule has 1 heterocycles. The number of aromatic nitrogens is 1. The number of thiazole rings is 1. The molecule has 0 N–H and O–H groups in total. The van der Waals surface area contributed by atoms with Gasteiger partial charge < -0.3 is 4.74 Å². The van der Waals surface area contributed by atoms with E-state index in [0.29, 0.717) is 12.5 Å². The van der Waals surface area contributed by atoms with Gasteiger partial charge in [-0.25, -0.2) is 9.37 Å². The molecule has 2 aromatic carbocycles. The Morgan fingerprint density at radius 2 is 1.70 bits per heavy atom. The van der Waals surface area contributed by atoms with Gasteiger partial charge in [-0.2, -0.15) is 0 Å². The molecule has 1 aliphatic rings. The van der Waals surface area contributed by atoms with Crippen molar-refractivity contribution in [1.29, 1.82) is 0 Å². The molecule has 2 nitrogen and oxygen atoms in total. The second-order valence-corrected chi connectivity index (χ2v) is 8.49. The second kappa shape index (κ2) is 8.22. The van der Waals surface area contributed by atoms with E-state index in [1.807, 2.05) is 6.92 Å². The van der Waals surface area contributed by atoms with Gasteiger partial charge in [0.2, 0.25) is 0 Å². The summed E-state index contributed by atoms with van der Waals surface area (Å²) in [6.45, 7) is 2.46. The van der Waals surface area contributed by atoms with Crippen LogP contribution in [0.5, 0.6) is 5.75 Å². The summed E-state index contributed by atoms with van der Waals surface area (Å²) in [7, 11) is 0. The van der Waals surface area contributed by atoms with E-state index < -0.39 is 0 Å². The first-order chi connectivity index (χ1) is 13.2. The molecular weight excluding hydrogens is 357 g/mol. The fourth-order valence-electron chi connectivity index (χ4n) is 3.82. The molecule has 0 atom stereocenters. The Balaban J connectivity index is 1.45. The minimum Gasteiger partial charge on any atom is -0.488 e. The first kappa shape index (κ1) is 18.2. The Labute approximate surface area is 164 Å². The summed E-state index contributed by atoms with van der Waals surface area (Å²) in [5, 5.41) is 0.987. The average molecular weight is 382 g/mol. The van der Waals surface area contributed by atoms with E-state index in [9.17, 15) is 4.39 Å². The predicted octanol–water partition coefficient (Wildman–Crippen LogP) is 6.88. The van der Waals surface area contributed by atoms with Crippen LogP contribution in [0, 0.1) is 12.7 Å². The maximum Gasteiger partial charge on any atom is 0.125 e. The van der Waals surface area contributed by atoms with Gasteiger partial charge in [0.05, 0.1) is 15.6 Å². The van der Waals surface area contributed by atoms with Gasteiger partial charge in [-0.15, -0.1) is 11.3 Å². The van der Waals surface area contributed by atoms with Crippen molar-refractivity contribution in [2.45, 2.75) is 51.6 Å². The van der Waals surface area contributed by atoms with Gasteiger partial charge in [0.25, 0.3) is 0 Å². The maximum atomic E-state index is 13.2. The topological polar surface area (TPSA) is 22.1 Å². The van der Waals surface area contributed by atoms with Crippen LogP contribution in [0.3, 0.4) is 0 Å². The summed E-state index contributed by atoms with van der Waals surface area (Å²) in [5.74, 6) is 1.36. The molecule has 3 aromatic rings. The SMILES string of the molecule is Cc1nc(-c2ccc(F)cc2)c(COc2ccc(C3CCCCC3)cc2)s1. The highest BCUT2D eigenvalue weighted by Crippen LogP contribution is 2.34. The Hall–Kier alpha value is -2.20. The standard InChI is InChI=1S/C23H24FNOS/c1-16-25-23(19-7-11-20(24)12-8-19)22(27-16)15-26-21-13-9-18(10-14-21)17-5-3-2-4-6-17/h7-14,17H,2-6,15H2,1H3. The van der Waals surface area contributed by atoms with Gasteiger partial charge >= 0.3 is 0 Å². The highest BCUT2D eigenvalue weighted by molar-refractivity contribution is 7.12. The molecule has 1 saturated carbocycles. The Morgan fingerprint density at radius 3 is 2.41 bits per heavy atom. The van der Waals surface area contributed by atoms with E-state index in [1.165, 1.54) is 49.8 Å². The third-order valence-corrected chi connectivity index (χ3v) is 6.19. The fraction of sp³-hybridized carbons (Fsp3) is 0.348. The molecule has 0 amide bonds. The van der Waals surface area contributed by atoms with E-state index in [1.54, 1.807) is 23.5 Å². The molecule has 4 rings (SSSR count). The minimum absolute atomic E-state index is 0.235. The third kappa shape index (κ3) is 4.38. The molecule has 0 aliphatic heterocycles. The number of rotatable bonds is 5. The summed E-state index contributed by atoms with van der Waals surface area (Å²) in [6, 6.07) is 15.1. The maximum absolute atomic E-state index is 13.2. The normalized spacial score (nSPS) is 15.0. The van der Waals surface area contributed by atoms with E-state index in [-0.39, 0.29) is 5.82 Å². The van der Waals surface area contributed by atoms with Gasteiger partial charge in [0, 0.05) is 5.56 Å². The predicted molar refractivity (Wildman–Crippen MR) is 109 cm³/mol. The summed E-state index contributed by atoms with van der Waals surface area (Å²) in [4.78, 5) is 5.68. The third-order valence-electron chi connectivity index (χ3n) is 5.25. The molecule has 27 heavy (non-hydrogen) atoms. The molecule has 1 fully saturated rings. The number of benzene rings is 2. The Kier molecular flexibility index (Phi) is 5.53. The summed E-state index contributed by atoms with van der Waals surface area (Å²) < 4.78 is 19.2. The van der Waals surface area contributed by atoms with E-state index in [2.05, 4.69) is 29.2 Å². The number of hydrogen-bond donors (Lipinski definition) is 0. The van der Waals surface area contributed by atoms with Crippen molar-refractivity contribution in [1.82, 2.24) is 4.98 Å². The zero-order valence-corrected chi connectivity index (χ0v) is 16.4. The largest absolute Gasteiger partial charge is 0.488 e. The van der Waals surface area contributed by atoms with Crippen LogP contribution >= 0.6 is 11.3 Å². The van der Waals surface area contributed by atoms with E-state index in [0.717, 1.165) is 26.9 Å². The zero-order valence-electron chi connectivity index (χ0n) is 15.6. The summed E-state index contributed by atoms with van der Waals surface area (Å²) in [6.07, 6.45) is 6.69. The van der Waals surface area contributed by atoms with Crippen LogP contribution in [-0.4, -0.2) is 4.98 Å². The second-order valence-electron chi connectivity index (χ2n) is 7.20. The molecule has 0 bridgehead atoms. The molecule has 140 valence electrons. The van der Waals surface area contributed by atoms with Gasteiger partial charge in [-0.05, 0) is 67.6 Å². The van der Waals surface area contributed by atoms with Crippen molar-refractivity contribution in [2.75, 3.05) is 0 Å². The lowest BCUT2D eigenvalue weighted by atomic mass is 9.84. The van der Waals surface area contributed by atoms with E-state index in [4.69, 9.17) is 4.74 Å². The first-order valence-corrected chi connectivity index (χ1v) is 10.5. The minimum atomic E-state index is -0.235. The number of hydrogen-bond acceptors (Lipinski definition) is 3. The number of ether oxygens (including phenoxy) is 1. The number of halogens is 1. The van der Waals surface area contributed by atoms with Crippen LogP contribution in [0.4, 0.5) is 4.39 Å². The van der Waals surface area contributed by atoms with Crippen molar-refractivity contribution in [3.8, 4) is 17.0 Å².